The third-order valence-corrected chi connectivity index (χ3v) is 2.63. The van der Waals surface area contributed by atoms with Crippen molar-refractivity contribution in [1.29, 1.82) is 0 Å². The summed E-state index contributed by atoms with van der Waals surface area (Å²) in [6, 6.07) is 0.161. The summed E-state index contributed by atoms with van der Waals surface area (Å²) in [5, 5.41) is 11.4. The first-order valence-corrected chi connectivity index (χ1v) is 5.76. The summed E-state index contributed by atoms with van der Waals surface area (Å²) in [4.78, 5) is 23.6. The summed E-state index contributed by atoms with van der Waals surface area (Å²) in [6.45, 7) is 5.49. The number of aliphatic carboxylic acids is 1. The van der Waals surface area contributed by atoms with Crippen LogP contribution in [-0.2, 0) is 4.79 Å². The van der Waals surface area contributed by atoms with Crippen molar-refractivity contribution in [2.45, 2.75) is 39.2 Å². The van der Waals surface area contributed by atoms with E-state index in [0.29, 0.717) is 25.4 Å². The minimum absolute atomic E-state index is 0.0592. The van der Waals surface area contributed by atoms with Gasteiger partial charge >= 0.3 is 12.0 Å². The van der Waals surface area contributed by atoms with Crippen LogP contribution in [0.3, 0.4) is 0 Å². The Labute approximate surface area is 95.8 Å². The van der Waals surface area contributed by atoms with Crippen LogP contribution in [0.25, 0.3) is 0 Å². The van der Waals surface area contributed by atoms with E-state index < -0.39 is 5.97 Å². The Balaban J connectivity index is 2.28. The molecule has 5 heteroatoms. The quantitative estimate of drug-likeness (QED) is 0.719. The number of nitrogens with one attached hydrogen (secondary N) is 1. The Morgan fingerprint density at radius 3 is 2.88 bits per heavy atom. The predicted molar refractivity (Wildman–Crippen MR) is 60.2 cm³/mol. The number of carbonyl (C=O) groups excluding carboxylic acids is 1. The zero-order valence-corrected chi connectivity index (χ0v) is 9.90. The fourth-order valence-corrected chi connectivity index (χ4v) is 1.98. The zero-order valence-electron chi connectivity index (χ0n) is 9.90. The van der Waals surface area contributed by atoms with Gasteiger partial charge in [0.25, 0.3) is 0 Å². The first-order chi connectivity index (χ1) is 7.49. The summed E-state index contributed by atoms with van der Waals surface area (Å²) in [6.07, 6.45) is 1.62. The summed E-state index contributed by atoms with van der Waals surface area (Å²) in [5.41, 5.74) is 0. The summed E-state index contributed by atoms with van der Waals surface area (Å²) in [5.74, 6) is -0.248. The molecule has 2 N–H and O–H groups in total. The standard InChI is InChI=1S/C11H20N2O3/c1-8(2)6-9-7-13(11(16)12-9)5-3-4-10(14)15/h8-9H,3-7H2,1-2H3,(H,12,16)(H,14,15). The highest BCUT2D eigenvalue weighted by Crippen LogP contribution is 2.12. The molecule has 1 atom stereocenters. The molecule has 2 amide bonds. The molecule has 1 aliphatic rings. The molecule has 1 rings (SSSR count). The highest BCUT2D eigenvalue weighted by Gasteiger charge is 2.28. The van der Waals surface area contributed by atoms with E-state index in [-0.39, 0.29) is 18.5 Å². The highest BCUT2D eigenvalue weighted by atomic mass is 16.4. The largest absolute Gasteiger partial charge is 0.481 e. The fraction of sp³-hybridized carbons (Fsp3) is 0.818. The van der Waals surface area contributed by atoms with E-state index in [0.717, 1.165) is 6.42 Å². The molecule has 1 unspecified atom stereocenters. The summed E-state index contributed by atoms with van der Waals surface area (Å²) < 4.78 is 0. The molecule has 16 heavy (non-hydrogen) atoms. The van der Waals surface area contributed by atoms with Gasteiger partial charge in [-0.2, -0.15) is 0 Å². The van der Waals surface area contributed by atoms with Crippen LogP contribution < -0.4 is 5.32 Å². The van der Waals surface area contributed by atoms with Gasteiger partial charge in [0.05, 0.1) is 0 Å². The predicted octanol–water partition coefficient (Wildman–Crippen LogP) is 1.29. The maximum Gasteiger partial charge on any atom is 0.317 e. The highest BCUT2D eigenvalue weighted by molar-refractivity contribution is 5.77. The number of carbonyl (C=O) groups is 2. The van der Waals surface area contributed by atoms with Crippen molar-refractivity contribution in [3.8, 4) is 0 Å². The number of hydrogen-bond donors (Lipinski definition) is 2. The van der Waals surface area contributed by atoms with Crippen molar-refractivity contribution in [1.82, 2.24) is 10.2 Å². The molecule has 0 bridgehead atoms. The minimum atomic E-state index is -0.807. The van der Waals surface area contributed by atoms with Gasteiger partial charge in [-0.1, -0.05) is 13.8 Å². The molecule has 0 aromatic rings. The molecule has 5 nitrogen and oxygen atoms in total. The molecule has 92 valence electrons. The van der Waals surface area contributed by atoms with E-state index >= 15 is 0 Å². The van der Waals surface area contributed by atoms with E-state index in [1.54, 1.807) is 4.90 Å². The second-order valence-electron chi connectivity index (χ2n) is 4.72. The maximum absolute atomic E-state index is 11.5. The van der Waals surface area contributed by atoms with E-state index in [9.17, 15) is 9.59 Å². The number of carboxylic acids is 1. The van der Waals surface area contributed by atoms with Gasteiger partial charge < -0.3 is 15.3 Å². The molecule has 0 radical (unpaired) electrons. The van der Waals surface area contributed by atoms with Crippen LogP contribution in [-0.4, -0.2) is 41.1 Å². The third-order valence-electron chi connectivity index (χ3n) is 2.63. The van der Waals surface area contributed by atoms with Crippen molar-refractivity contribution in [2.24, 2.45) is 5.92 Å². The Bertz CT molecular complexity index is 266. The van der Waals surface area contributed by atoms with E-state index in [1.165, 1.54) is 0 Å². The van der Waals surface area contributed by atoms with Crippen molar-refractivity contribution >= 4 is 12.0 Å². The van der Waals surface area contributed by atoms with Gasteiger partial charge in [0.2, 0.25) is 0 Å². The van der Waals surface area contributed by atoms with E-state index in [1.807, 2.05) is 0 Å². The number of carboxylic acid groups (broad SMARTS) is 1. The number of rotatable bonds is 6. The monoisotopic (exact) mass is 228 g/mol. The lowest BCUT2D eigenvalue weighted by molar-refractivity contribution is -0.137. The van der Waals surface area contributed by atoms with Crippen LogP contribution in [0.1, 0.15) is 33.1 Å². The number of nitrogens with zero attached hydrogens (tertiary/aromatic N) is 1. The molecule has 0 aromatic carbocycles. The zero-order chi connectivity index (χ0) is 12.1. The van der Waals surface area contributed by atoms with Crippen molar-refractivity contribution < 1.29 is 14.7 Å². The molecule has 1 saturated heterocycles. The van der Waals surface area contributed by atoms with Gasteiger partial charge in [0, 0.05) is 25.6 Å². The van der Waals surface area contributed by atoms with E-state index in [4.69, 9.17) is 5.11 Å². The lowest BCUT2D eigenvalue weighted by Gasteiger charge is -2.14. The lowest BCUT2D eigenvalue weighted by Crippen LogP contribution is -2.29. The minimum Gasteiger partial charge on any atom is -0.481 e. The number of urea groups is 1. The summed E-state index contributed by atoms with van der Waals surface area (Å²) >= 11 is 0. The van der Waals surface area contributed by atoms with E-state index in [2.05, 4.69) is 19.2 Å². The first kappa shape index (κ1) is 12.8. The second-order valence-corrected chi connectivity index (χ2v) is 4.72. The molecule has 0 aromatic heterocycles. The summed E-state index contributed by atoms with van der Waals surface area (Å²) in [7, 11) is 0. The van der Waals surface area contributed by atoms with Crippen molar-refractivity contribution in [3.05, 3.63) is 0 Å². The SMILES string of the molecule is CC(C)CC1CN(CCCC(=O)O)C(=O)N1. The van der Waals surface area contributed by atoms with Crippen molar-refractivity contribution in [2.75, 3.05) is 13.1 Å². The molecule has 0 spiro atoms. The molecular weight excluding hydrogens is 208 g/mol. The Morgan fingerprint density at radius 2 is 2.31 bits per heavy atom. The number of amides is 2. The lowest BCUT2D eigenvalue weighted by atomic mass is 10.0. The van der Waals surface area contributed by atoms with Gasteiger partial charge in [-0.15, -0.1) is 0 Å². The van der Waals surface area contributed by atoms with Gasteiger partial charge in [-0.3, -0.25) is 4.79 Å². The third kappa shape index (κ3) is 4.08. The van der Waals surface area contributed by atoms with Gasteiger partial charge in [-0.25, -0.2) is 4.79 Å². The number of hydrogen-bond acceptors (Lipinski definition) is 2. The average molecular weight is 228 g/mol. The van der Waals surface area contributed by atoms with Gasteiger partial charge in [-0.05, 0) is 18.8 Å². The maximum atomic E-state index is 11.5. The molecular formula is C11H20N2O3. The average Bonchev–Trinajstić information content (AvgIpc) is 2.45. The van der Waals surface area contributed by atoms with Crippen LogP contribution >= 0.6 is 0 Å². The molecule has 0 aliphatic carbocycles. The molecule has 1 fully saturated rings. The van der Waals surface area contributed by atoms with Crippen LogP contribution in [0, 0.1) is 5.92 Å². The fourth-order valence-electron chi connectivity index (χ4n) is 1.98. The molecule has 1 aliphatic heterocycles. The molecule has 1 heterocycles. The topological polar surface area (TPSA) is 69.6 Å². The first-order valence-electron chi connectivity index (χ1n) is 5.76. The van der Waals surface area contributed by atoms with Crippen LogP contribution in [0.4, 0.5) is 4.79 Å². The Kier molecular flexibility index (Phi) is 4.58. The smallest absolute Gasteiger partial charge is 0.317 e. The molecule has 0 saturated carbocycles. The second kappa shape index (κ2) is 5.72. The van der Waals surface area contributed by atoms with Crippen molar-refractivity contribution in [3.63, 3.8) is 0 Å². The Morgan fingerprint density at radius 1 is 1.62 bits per heavy atom. The van der Waals surface area contributed by atoms with Crippen LogP contribution in [0.5, 0.6) is 0 Å². The van der Waals surface area contributed by atoms with Crippen LogP contribution in [0.15, 0.2) is 0 Å². The Hall–Kier alpha value is -1.26. The van der Waals surface area contributed by atoms with Gasteiger partial charge in [0.1, 0.15) is 0 Å². The van der Waals surface area contributed by atoms with Gasteiger partial charge in [0.15, 0.2) is 0 Å². The van der Waals surface area contributed by atoms with Crippen LogP contribution in [0.2, 0.25) is 0 Å². The normalized spacial score (nSPS) is 20.3.